The third-order valence-corrected chi connectivity index (χ3v) is 6.60. The lowest BCUT2D eigenvalue weighted by Gasteiger charge is -2.14. The van der Waals surface area contributed by atoms with Gasteiger partial charge in [0.25, 0.3) is 16.8 Å². The molecule has 1 aliphatic rings. The van der Waals surface area contributed by atoms with Crippen molar-refractivity contribution in [2.45, 2.75) is 13.2 Å². The van der Waals surface area contributed by atoms with Crippen LogP contribution in [0, 0.1) is 10.1 Å². The van der Waals surface area contributed by atoms with Crippen molar-refractivity contribution in [2.75, 3.05) is 0 Å². The Morgan fingerprint density at radius 3 is 2.24 bits per heavy atom. The Bertz CT molecular complexity index is 1270. The van der Waals surface area contributed by atoms with E-state index in [9.17, 15) is 19.7 Å². The van der Waals surface area contributed by atoms with Gasteiger partial charge in [-0.3, -0.25) is 24.6 Å². The Labute approximate surface area is 209 Å². The molecule has 0 saturated carbocycles. The molecule has 1 aliphatic heterocycles. The van der Waals surface area contributed by atoms with E-state index < -0.39 is 16.1 Å². The van der Waals surface area contributed by atoms with E-state index in [-0.39, 0.29) is 18.8 Å². The Kier molecular flexibility index (Phi) is 7.21. The maximum Gasteiger partial charge on any atom is 0.293 e. The number of nitro benzene ring substituents is 1. The number of amides is 2. The molecule has 1 saturated heterocycles. The van der Waals surface area contributed by atoms with Crippen molar-refractivity contribution < 1.29 is 19.2 Å². The van der Waals surface area contributed by atoms with Crippen LogP contribution in [0.1, 0.15) is 16.7 Å². The number of thioether (sulfide) groups is 1. The minimum atomic E-state index is -0.454. The summed E-state index contributed by atoms with van der Waals surface area (Å²) in [7, 11) is 0. The van der Waals surface area contributed by atoms with Gasteiger partial charge in [0.1, 0.15) is 12.4 Å². The SMILES string of the molecule is O=C1S/C(=C\c2ccc(OCc3ccc([N+](=O)[O-])cc3)cc2)C(=O)N1Cc1c(Cl)cccc1Cl. The number of rotatable bonds is 7. The lowest BCUT2D eigenvalue weighted by Crippen LogP contribution is -2.27. The zero-order chi connectivity index (χ0) is 24.2. The highest BCUT2D eigenvalue weighted by atomic mass is 35.5. The molecule has 0 spiro atoms. The van der Waals surface area contributed by atoms with Crippen LogP contribution in [0.5, 0.6) is 5.75 Å². The van der Waals surface area contributed by atoms with Crippen LogP contribution < -0.4 is 4.74 Å². The second-order valence-corrected chi connectivity index (χ2v) is 9.06. The molecule has 0 unspecified atom stereocenters. The Balaban J connectivity index is 1.40. The lowest BCUT2D eigenvalue weighted by atomic mass is 10.2. The van der Waals surface area contributed by atoms with Gasteiger partial charge < -0.3 is 4.74 Å². The van der Waals surface area contributed by atoms with Gasteiger partial charge in [-0.1, -0.05) is 41.4 Å². The molecule has 0 aliphatic carbocycles. The normalized spacial score (nSPS) is 14.6. The quantitative estimate of drug-likeness (QED) is 0.197. The number of halogens is 2. The second kappa shape index (κ2) is 10.3. The fraction of sp³-hybridized carbons (Fsp3) is 0.0833. The fourth-order valence-electron chi connectivity index (χ4n) is 3.17. The van der Waals surface area contributed by atoms with Gasteiger partial charge >= 0.3 is 0 Å². The average molecular weight is 515 g/mol. The molecule has 0 bridgehead atoms. The highest BCUT2D eigenvalue weighted by molar-refractivity contribution is 8.18. The average Bonchev–Trinajstić information content (AvgIpc) is 3.08. The van der Waals surface area contributed by atoms with Gasteiger partial charge in [-0.25, -0.2) is 0 Å². The molecule has 2 amide bonds. The second-order valence-electron chi connectivity index (χ2n) is 7.25. The molecule has 34 heavy (non-hydrogen) atoms. The molecule has 4 rings (SSSR count). The molecule has 172 valence electrons. The third-order valence-electron chi connectivity index (χ3n) is 4.98. The van der Waals surface area contributed by atoms with E-state index in [2.05, 4.69) is 0 Å². The van der Waals surface area contributed by atoms with E-state index >= 15 is 0 Å². The van der Waals surface area contributed by atoms with Crippen LogP contribution in [-0.2, 0) is 17.9 Å². The first-order valence-electron chi connectivity index (χ1n) is 9.96. The smallest absolute Gasteiger partial charge is 0.293 e. The first kappa shape index (κ1) is 23.8. The van der Waals surface area contributed by atoms with Crippen LogP contribution in [0.15, 0.2) is 71.6 Å². The predicted molar refractivity (Wildman–Crippen MR) is 132 cm³/mol. The zero-order valence-corrected chi connectivity index (χ0v) is 19.8. The zero-order valence-electron chi connectivity index (χ0n) is 17.4. The number of hydrogen-bond donors (Lipinski definition) is 0. The molecule has 0 radical (unpaired) electrons. The van der Waals surface area contributed by atoms with E-state index in [0.717, 1.165) is 27.8 Å². The Hall–Kier alpha value is -3.33. The first-order valence-corrected chi connectivity index (χ1v) is 11.5. The largest absolute Gasteiger partial charge is 0.489 e. The molecular weight excluding hydrogens is 499 g/mol. The number of hydrogen-bond acceptors (Lipinski definition) is 6. The van der Waals surface area contributed by atoms with E-state index in [4.69, 9.17) is 27.9 Å². The maximum absolute atomic E-state index is 12.8. The van der Waals surface area contributed by atoms with Crippen molar-refractivity contribution in [2.24, 2.45) is 0 Å². The summed E-state index contributed by atoms with van der Waals surface area (Å²) < 4.78 is 5.71. The third kappa shape index (κ3) is 5.41. The molecule has 3 aromatic carbocycles. The van der Waals surface area contributed by atoms with Crippen LogP contribution in [0.2, 0.25) is 10.0 Å². The number of ether oxygens (including phenoxy) is 1. The van der Waals surface area contributed by atoms with E-state index in [1.807, 2.05) is 0 Å². The highest BCUT2D eigenvalue weighted by Crippen LogP contribution is 2.35. The summed E-state index contributed by atoms with van der Waals surface area (Å²) in [6, 6.07) is 18.1. The predicted octanol–water partition coefficient (Wildman–Crippen LogP) is 6.72. The molecular formula is C24H16Cl2N2O5S. The molecule has 10 heteroatoms. The molecule has 1 heterocycles. The van der Waals surface area contributed by atoms with E-state index in [1.165, 1.54) is 12.1 Å². The number of imide groups is 1. The van der Waals surface area contributed by atoms with Crippen LogP contribution in [-0.4, -0.2) is 21.0 Å². The van der Waals surface area contributed by atoms with Crippen LogP contribution in [0.3, 0.4) is 0 Å². The molecule has 0 atom stereocenters. The first-order chi connectivity index (χ1) is 16.3. The summed E-state index contributed by atoms with van der Waals surface area (Å²) in [5.74, 6) is 0.182. The van der Waals surface area contributed by atoms with E-state index in [1.54, 1.807) is 60.7 Å². The summed E-state index contributed by atoms with van der Waals surface area (Å²) >= 11 is 13.2. The molecule has 1 fully saturated rings. The van der Waals surface area contributed by atoms with Gasteiger partial charge in [0.05, 0.1) is 16.4 Å². The molecule has 7 nitrogen and oxygen atoms in total. The van der Waals surface area contributed by atoms with Crippen molar-refractivity contribution in [1.29, 1.82) is 0 Å². The number of carbonyl (C=O) groups excluding carboxylic acids is 2. The molecule has 0 N–H and O–H groups in total. The number of nitrogens with zero attached hydrogens (tertiary/aromatic N) is 2. The van der Waals surface area contributed by atoms with Gasteiger partial charge in [0.15, 0.2) is 0 Å². The van der Waals surface area contributed by atoms with E-state index in [0.29, 0.717) is 26.3 Å². The summed E-state index contributed by atoms with van der Waals surface area (Å²) in [6.45, 7) is 0.247. The van der Waals surface area contributed by atoms with Crippen LogP contribution >= 0.6 is 35.0 Å². The number of non-ortho nitro benzene ring substituents is 1. The summed E-state index contributed by atoms with van der Waals surface area (Å²) in [5, 5.41) is 11.1. The fourth-order valence-corrected chi connectivity index (χ4v) is 4.53. The van der Waals surface area contributed by atoms with Crippen LogP contribution in [0.25, 0.3) is 6.08 Å². The minimum absolute atomic E-state index is 0.00403. The summed E-state index contributed by atoms with van der Waals surface area (Å²) in [5.41, 5.74) is 2.06. The summed E-state index contributed by atoms with van der Waals surface area (Å²) in [4.78, 5) is 36.9. The van der Waals surface area contributed by atoms with Gasteiger partial charge in [-0.05, 0) is 65.4 Å². The van der Waals surface area contributed by atoms with Crippen molar-refractivity contribution in [3.05, 3.63) is 108 Å². The topological polar surface area (TPSA) is 89.7 Å². The van der Waals surface area contributed by atoms with Crippen LogP contribution in [0.4, 0.5) is 10.5 Å². The van der Waals surface area contributed by atoms with Crippen molar-refractivity contribution in [3.63, 3.8) is 0 Å². The van der Waals surface area contributed by atoms with Gasteiger partial charge in [0.2, 0.25) is 0 Å². The highest BCUT2D eigenvalue weighted by Gasteiger charge is 2.35. The number of nitro groups is 1. The maximum atomic E-state index is 12.8. The molecule has 3 aromatic rings. The number of benzene rings is 3. The van der Waals surface area contributed by atoms with Gasteiger partial charge in [-0.15, -0.1) is 0 Å². The van der Waals surface area contributed by atoms with Crippen molar-refractivity contribution in [1.82, 2.24) is 4.90 Å². The molecule has 0 aromatic heterocycles. The Morgan fingerprint density at radius 1 is 0.971 bits per heavy atom. The van der Waals surface area contributed by atoms with Gasteiger partial charge in [0, 0.05) is 27.7 Å². The Morgan fingerprint density at radius 2 is 1.62 bits per heavy atom. The van der Waals surface area contributed by atoms with Crippen molar-refractivity contribution >= 4 is 57.9 Å². The van der Waals surface area contributed by atoms with Gasteiger partial charge in [-0.2, -0.15) is 0 Å². The standard InChI is InChI=1S/C24H16Cl2N2O5S/c25-20-2-1-3-21(26)19(20)13-27-23(29)22(34-24(27)30)12-15-6-10-18(11-7-15)33-14-16-4-8-17(9-5-16)28(31)32/h1-12H,13-14H2/b22-12-. The van der Waals surface area contributed by atoms with Crippen molar-refractivity contribution in [3.8, 4) is 5.75 Å². The lowest BCUT2D eigenvalue weighted by molar-refractivity contribution is -0.384. The number of carbonyl (C=O) groups is 2. The minimum Gasteiger partial charge on any atom is -0.489 e. The monoisotopic (exact) mass is 514 g/mol. The summed E-state index contributed by atoms with van der Waals surface area (Å²) in [6.07, 6.45) is 1.64.